The van der Waals surface area contributed by atoms with E-state index < -0.39 is 5.25 Å². The number of Topliss-reactive ketones (excluding diaryl/α,β-unsaturated/α-hetero) is 2. The fraction of sp³-hybridized carbons (Fsp3) is 0.250. The van der Waals surface area contributed by atoms with Crippen molar-refractivity contribution < 1.29 is 9.59 Å². The van der Waals surface area contributed by atoms with Gasteiger partial charge in [-0.3, -0.25) is 9.59 Å². The summed E-state index contributed by atoms with van der Waals surface area (Å²) in [5.74, 6) is -0.457. The molecular weight excluding hydrogens is 300 g/mol. The molecule has 0 saturated carbocycles. The lowest BCUT2D eigenvalue weighted by molar-refractivity contribution is -0.123. The van der Waals surface area contributed by atoms with Crippen LogP contribution in [0.2, 0.25) is 5.02 Å². The van der Waals surface area contributed by atoms with E-state index in [4.69, 9.17) is 11.6 Å². The molecule has 1 heterocycles. The Bertz CT molecular complexity index is 627. The van der Waals surface area contributed by atoms with Crippen LogP contribution in [0.1, 0.15) is 13.8 Å². The number of aromatic nitrogens is 4. The van der Waals surface area contributed by atoms with Crippen LogP contribution in [-0.2, 0) is 9.59 Å². The summed E-state index contributed by atoms with van der Waals surface area (Å²) >= 11 is 6.86. The Morgan fingerprint density at radius 3 is 2.35 bits per heavy atom. The molecule has 0 fully saturated rings. The summed E-state index contributed by atoms with van der Waals surface area (Å²) in [6, 6.07) is 6.92. The maximum atomic E-state index is 11.5. The number of hydrogen-bond donors (Lipinski definition) is 0. The first kappa shape index (κ1) is 14.7. The van der Waals surface area contributed by atoms with Crippen LogP contribution in [0.15, 0.2) is 29.4 Å². The van der Waals surface area contributed by atoms with Gasteiger partial charge in [0.15, 0.2) is 11.6 Å². The van der Waals surface area contributed by atoms with Gasteiger partial charge < -0.3 is 0 Å². The van der Waals surface area contributed by atoms with Crippen LogP contribution >= 0.6 is 23.4 Å². The molecule has 0 bridgehead atoms. The van der Waals surface area contributed by atoms with E-state index in [9.17, 15) is 9.59 Å². The summed E-state index contributed by atoms with van der Waals surface area (Å²) in [6.45, 7) is 2.74. The number of tetrazole rings is 1. The normalized spacial score (nSPS) is 10.8. The molecule has 2 rings (SSSR count). The van der Waals surface area contributed by atoms with E-state index in [1.807, 2.05) is 0 Å². The lowest BCUT2D eigenvalue weighted by Gasteiger charge is -2.09. The molecule has 0 atom stereocenters. The molecule has 0 unspecified atom stereocenters. The number of nitrogens with zero attached hydrogens (tertiary/aromatic N) is 4. The highest BCUT2D eigenvalue weighted by molar-refractivity contribution is 8.01. The Balaban J connectivity index is 2.31. The maximum absolute atomic E-state index is 11.5. The molecule has 0 radical (unpaired) electrons. The van der Waals surface area contributed by atoms with E-state index >= 15 is 0 Å². The average molecular weight is 311 g/mol. The third-order valence-corrected chi connectivity index (χ3v) is 4.09. The third-order valence-electron chi connectivity index (χ3n) is 2.47. The molecule has 1 aromatic heterocycles. The van der Waals surface area contributed by atoms with E-state index in [-0.39, 0.29) is 11.6 Å². The Hall–Kier alpha value is -1.73. The van der Waals surface area contributed by atoms with Gasteiger partial charge in [0.1, 0.15) is 5.25 Å². The molecule has 2 aromatic rings. The van der Waals surface area contributed by atoms with Gasteiger partial charge in [0.05, 0.1) is 5.69 Å². The lowest BCUT2D eigenvalue weighted by atomic mass is 10.2. The van der Waals surface area contributed by atoms with Gasteiger partial charge in [-0.1, -0.05) is 23.4 Å². The smallest absolute Gasteiger partial charge is 0.215 e. The van der Waals surface area contributed by atoms with Gasteiger partial charge in [0.25, 0.3) is 0 Å². The van der Waals surface area contributed by atoms with Crippen molar-refractivity contribution in [3.8, 4) is 5.69 Å². The summed E-state index contributed by atoms with van der Waals surface area (Å²) in [7, 11) is 0. The van der Waals surface area contributed by atoms with Crippen LogP contribution in [0, 0.1) is 0 Å². The second kappa shape index (κ2) is 6.15. The molecule has 0 aliphatic rings. The predicted molar refractivity (Wildman–Crippen MR) is 75.2 cm³/mol. The second-order valence-corrected chi connectivity index (χ2v) is 5.58. The molecular formula is C12H11ClN4O2S. The first-order valence-corrected chi connectivity index (χ1v) is 6.96. The minimum absolute atomic E-state index is 0.229. The van der Waals surface area contributed by atoms with Gasteiger partial charge in [-0.05, 0) is 48.5 Å². The molecule has 0 N–H and O–H groups in total. The third kappa shape index (κ3) is 3.23. The largest absolute Gasteiger partial charge is 0.298 e. The molecule has 8 heteroatoms. The minimum Gasteiger partial charge on any atom is -0.298 e. The number of rotatable bonds is 5. The van der Waals surface area contributed by atoms with Crippen LogP contribution in [0.25, 0.3) is 5.69 Å². The molecule has 0 saturated heterocycles. The zero-order valence-electron chi connectivity index (χ0n) is 10.8. The summed E-state index contributed by atoms with van der Waals surface area (Å²) in [6.07, 6.45) is 0. The number of thioether (sulfide) groups is 1. The Morgan fingerprint density at radius 2 is 1.80 bits per heavy atom. The highest BCUT2D eigenvalue weighted by Gasteiger charge is 2.24. The van der Waals surface area contributed by atoms with Crippen molar-refractivity contribution in [3.05, 3.63) is 29.3 Å². The number of halogens is 1. The van der Waals surface area contributed by atoms with Gasteiger partial charge in [-0.25, -0.2) is 0 Å². The summed E-state index contributed by atoms with van der Waals surface area (Å²) in [4.78, 5) is 22.9. The van der Waals surface area contributed by atoms with Crippen molar-refractivity contribution in [2.24, 2.45) is 0 Å². The van der Waals surface area contributed by atoms with E-state index in [2.05, 4.69) is 15.5 Å². The predicted octanol–water partition coefficient (Wildman–Crippen LogP) is 1.95. The zero-order valence-corrected chi connectivity index (χ0v) is 12.4. The Kier molecular flexibility index (Phi) is 4.51. The van der Waals surface area contributed by atoms with Crippen LogP contribution in [0.4, 0.5) is 0 Å². The van der Waals surface area contributed by atoms with Gasteiger partial charge in [0.2, 0.25) is 5.16 Å². The first-order valence-electron chi connectivity index (χ1n) is 5.71. The summed E-state index contributed by atoms with van der Waals surface area (Å²) in [5, 5.41) is 11.5. The fourth-order valence-corrected chi connectivity index (χ4v) is 2.55. The van der Waals surface area contributed by atoms with E-state index in [0.717, 1.165) is 11.8 Å². The van der Waals surface area contributed by atoms with E-state index in [1.165, 1.54) is 18.5 Å². The Labute approximate surface area is 124 Å². The average Bonchev–Trinajstić information content (AvgIpc) is 2.84. The zero-order chi connectivity index (χ0) is 14.7. The molecule has 1 aromatic carbocycles. The van der Waals surface area contributed by atoms with Crippen molar-refractivity contribution >= 4 is 34.9 Å². The van der Waals surface area contributed by atoms with Gasteiger partial charge in [-0.2, -0.15) is 4.68 Å². The first-order chi connectivity index (χ1) is 9.49. The second-order valence-electron chi connectivity index (χ2n) is 4.07. The van der Waals surface area contributed by atoms with E-state index in [1.54, 1.807) is 24.3 Å². The molecule has 20 heavy (non-hydrogen) atoms. The van der Waals surface area contributed by atoms with Crippen molar-refractivity contribution in [1.29, 1.82) is 0 Å². The molecule has 0 aliphatic carbocycles. The standard InChI is InChI=1S/C12H11ClN4O2S/c1-7(18)11(8(2)19)20-12-14-15-16-17(12)10-5-3-9(13)4-6-10/h3-6,11H,1-2H3. The lowest BCUT2D eigenvalue weighted by Crippen LogP contribution is -2.22. The monoisotopic (exact) mass is 310 g/mol. The van der Waals surface area contributed by atoms with Crippen LogP contribution in [0.3, 0.4) is 0 Å². The van der Waals surface area contributed by atoms with Crippen molar-refractivity contribution in [1.82, 2.24) is 20.2 Å². The highest BCUT2D eigenvalue weighted by atomic mass is 35.5. The minimum atomic E-state index is -0.799. The highest BCUT2D eigenvalue weighted by Crippen LogP contribution is 2.24. The molecule has 0 aliphatic heterocycles. The van der Waals surface area contributed by atoms with Crippen LogP contribution < -0.4 is 0 Å². The number of carbonyl (C=O) groups is 2. The maximum Gasteiger partial charge on any atom is 0.215 e. The number of benzene rings is 1. The van der Waals surface area contributed by atoms with Crippen molar-refractivity contribution in [2.75, 3.05) is 0 Å². The number of carbonyl (C=O) groups excluding carboxylic acids is 2. The van der Waals surface area contributed by atoms with Gasteiger partial charge in [0, 0.05) is 5.02 Å². The van der Waals surface area contributed by atoms with Crippen LogP contribution in [0.5, 0.6) is 0 Å². The summed E-state index contributed by atoms with van der Waals surface area (Å²) in [5.41, 5.74) is 0.702. The van der Waals surface area contributed by atoms with Crippen LogP contribution in [-0.4, -0.2) is 37.0 Å². The summed E-state index contributed by atoms with van der Waals surface area (Å²) < 4.78 is 1.46. The molecule has 0 amide bonds. The SMILES string of the molecule is CC(=O)C(Sc1nnnn1-c1ccc(Cl)cc1)C(C)=O. The van der Waals surface area contributed by atoms with E-state index in [0.29, 0.717) is 15.9 Å². The molecule has 104 valence electrons. The van der Waals surface area contributed by atoms with Crippen molar-refractivity contribution in [2.45, 2.75) is 24.3 Å². The van der Waals surface area contributed by atoms with Gasteiger partial charge in [-0.15, -0.1) is 5.10 Å². The quantitative estimate of drug-likeness (QED) is 0.620. The Morgan fingerprint density at radius 1 is 1.20 bits per heavy atom. The van der Waals surface area contributed by atoms with Crippen molar-refractivity contribution in [3.63, 3.8) is 0 Å². The topological polar surface area (TPSA) is 77.7 Å². The molecule has 0 spiro atoms. The number of hydrogen-bond acceptors (Lipinski definition) is 6. The fourth-order valence-electron chi connectivity index (χ4n) is 1.55. The molecule has 6 nitrogen and oxygen atoms in total. The van der Waals surface area contributed by atoms with Gasteiger partial charge >= 0.3 is 0 Å². The number of ketones is 2.